The minimum absolute atomic E-state index is 0.118. The number of hydrogen-bond donors (Lipinski definition) is 3. The molecule has 3 N–H and O–H groups in total. The van der Waals surface area contributed by atoms with Crippen LogP contribution in [0.1, 0.15) is 111 Å². The van der Waals surface area contributed by atoms with E-state index < -0.39 is 266 Å². The van der Waals surface area contributed by atoms with Gasteiger partial charge in [-0.25, -0.2) is 8.78 Å². The van der Waals surface area contributed by atoms with Crippen molar-refractivity contribution in [1.29, 1.82) is 0 Å². The molecular weight excluding hydrogens is 1830 g/mol. The van der Waals surface area contributed by atoms with Crippen molar-refractivity contribution in [2.45, 2.75) is 87.8 Å². The van der Waals surface area contributed by atoms with Crippen molar-refractivity contribution < 1.29 is 95.8 Å². The molecule has 10 rings (SSSR count). The predicted molar refractivity (Wildman–Crippen MR) is 478 cm³/mol. The fourth-order valence-corrected chi connectivity index (χ4v) is 16.0. The van der Waals surface area contributed by atoms with Gasteiger partial charge in [0.15, 0.2) is 33.3 Å². The Bertz CT molecular complexity index is 5750. The van der Waals surface area contributed by atoms with Crippen LogP contribution in [0.2, 0.25) is 0 Å². The summed E-state index contributed by atoms with van der Waals surface area (Å²) in [5, 5.41) is 32.0. The minimum atomic E-state index is -2.02. The Hall–Kier alpha value is -14.0. The van der Waals surface area contributed by atoms with E-state index in [-0.39, 0.29) is 31.9 Å². The quantitative estimate of drug-likeness (QED) is 0.0138. The van der Waals surface area contributed by atoms with Gasteiger partial charge in [0.05, 0.1) is 55.9 Å². The maximum Gasteiger partial charge on any atom is 0.271 e. The molecule has 0 radical (unpaired) electrons. The molecule has 10 aromatic rings. The third-order valence-corrected chi connectivity index (χ3v) is 24.1. The van der Waals surface area contributed by atoms with E-state index in [4.69, 9.17) is 0 Å². The van der Waals surface area contributed by atoms with Crippen molar-refractivity contribution in [2.75, 3.05) is 127 Å². The summed E-state index contributed by atoms with van der Waals surface area (Å²) in [4.78, 5) is 150. The smallest absolute Gasteiger partial charge is 0.271 e. The molecule has 0 saturated heterocycles. The first-order valence-electron chi connectivity index (χ1n) is 42.6. The summed E-state index contributed by atoms with van der Waals surface area (Å²) in [5.41, 5.74) is 2.76. The molecule has 0 bridgehead atoms. The van der Waals surface area contributed by atoms with E-state index >= 15 is 42.3 Å². The van der Waals surface area contributed by atoms with Crippen molar-refractivity contribution in [3.63, 3.8) is 0 Å². The molecule has 29 nitrogen and oxygen atoms in total. The van der Waals surface area contributed by atoms with Crippen LogP contribution in [-0.4, -0.2) is 254 Å². The maximum atomic E-state index is 16.1. The summed E-state index contributed by atoms with van der Waals surface area (Å²) in [7, 11) is 0. The number of amides is 9. The number of thioether (sulfide) groups is 2. The zero-order valence-corrected chi connectivity index (χ0v) is 76.1. The van der Waals surface area contributed by atoms with Gasteiger partial charge in [0.25, 0.3) is 23.8 Å². The number of hydrogen-bond acceptors (Lipinski definition) is 22. The zero-order chi connectivity index (χ0) is 98.4. The van der Waals surface area contributed by atoms with Crippen molar-refractivity contribution >= 4 is 88.3 Å². The Morgan fingerprint density at radius 3 is 0.853 bits per heavy atom. The molecule has 0 fully saturated rings. The van der Waals surface area contributed by atoms with Crippen molar-refractivity contribution in [3.05, 3.63) is 298 Å². The first-order chi connectivity index (χ1) is 65.2. The second-order valence-corrected chi connectivity index (χ2v) is 33.1. The molecule has 0 aliphatic heterocycles. The van der Waals surface area contributed by atoms with E-state index in [1.165, 1.54) is 27.7 Å². The van der Waals surface area contributed by atoms with Crippen LogP contribution in [0.5, 0.6) is 0 Å². The van der Waals surface area contributed by atoms with E-state index in [9.17, 15) is 53.5 Å². The standard InChI is InChI=1S/C93H96F12N20O9S2/c1-8-42-117(44-46-135-92-84(100)80(96)88(104)111-115-92)70(127)51-121(58(3)64-29-17-10-18-30-64)76(133)55-124(61(6)67-35-23-13-24-36-67)73(130)49-118(43-41-108-91-83(99)79(95)87(103)110-114-91)71(128)52-122(59(4)65-31-19-11-20-32-65)77(134)56-125(62(7)68-37-25-14-26-38-68)74(131)50-119(45-47-136-93-85(101)81(97)89(105)112-116-93)72(129)53-123(60(5)66-33-21-12-22-34-66)75(132)54-120(57(2)63-27-15-9-16-28-63)69(126)48-106-39-40-107-90-82(98)78(94)86(102)109-113-90/h8-38,57-62,106H,1,39-56H2,2-7H3,(H,107,113)(H,108,114)/t57-,58-,59-,60-,61-,62-/m0/s1. The van der Waals surface area contributed by atoms with Gasteiger partial charge in [0.2, 0.25) is 88.1 Å². The molecular formula is C93H96F12N20O9S2. The third-order valence-electron chi connectivity index (χ3n) is 22.3. The van der Waals surface area contributed by atoms with Gasteiger partial charge in [-0.2, -0.15) is 43.9 Å². The summed E-state index contributed by atoms with van der Waals surface area (Å²) in [5.74, 6) is -32.2. The highest BCUT2D eigenvalue weighted by Gasteiger charge is 2.39. The fraction of sp³-hybridized carbons (Fsp3) is 0.323. The van der Waals surface area contributed by atoms with Crippen LogP contribution >= 0.6 is 23.5 Å². The first-order valence-corrected chi connectivity index (χ1v) is 44.6. The molecule has 0 saturated carbocycles. The highest BCUT2D eigenvalue weighted by Crippen LogP contribution is 2.32. The monoisotopic (exact) mass is 1930 g/mol. The molecule has 43 heteroatoms. The van der Waals surface area contributed by atoms with Crippen molar-refractivity contribution in [2.24, 2.45) is 0 Å². The summed E-state index contributed by atoms with van der Waals surface area (Å²) in [6, 6.07) is 43.6. The van der Waals surface area contributed by atoms with Gasteiger partial charge in [-0.3, -0.25) is 43.2 Å². The van der Waals surface area contributed by atoms with E-state index in [0.29, 0.717) is 56.9 Å². The molecule has 718 valence electrons. The van der Waals surface area contributed by atoms with E-state index in [1.807, 2.05) is 0 Å². The Morgan fingerprint density at radius 1 is 0.294 bits per heavy atom. The zero-order valence-electron chi connectivity index (χ0n) is 74.4. The Morgan fingerprint density at radius 2 is 0.544 bits per heavy atom. The molecule has 0 spiro atoms. The largest absolute Gasteiger partial charge is 0.365 e. The second-order valence-electron chi connectivity index (χ2n) is 30.9. The van der Waals surface area contributed by atoms with Gasteiger partial charge >= 0.3 is 0 Å². The fourth-order valence-electron chi connectivity index (χ4n) is 14.4. The molecule has 6 atom stereocenters. The average molecular weight is 1930 g/mol. The van der Waals surface area contributed by atoms with Crippen LogP contribution in [0, 0.1) is 70.3 Å². The second kappa shape index (κ2) is 50.4. The van der Waals surface area contributed by atoms with Crippen LogP contribution < -0.4 is 16.0 Å². The number of anilines is 2. The lowest BCUT2D eigenvalue weighted by Crippen LogP contribution is -2.54. The number of nitrogens with zero attached hydrogens (tertiary/aromatic N) is 17. The third kappa shape index (κ3) is 27.9. The molecule has 0 unspecified atom stereocenters. The maximum absolute atomic E-state index is 16.1. The van der Waals surface area contributed by atoms with Gasteiger partial charge < -0.3 is 60.0 Å². The lowest BCUT2D eigenvalue weighted by Gasteiger charge is -2.37. The number of rotatable bonds is 48. The highest BCUT2D eigenvalue weighted by molar-refractivity contribution is 7.99. The van der Waals surface area contributed by atoms with Crippen molar-refractivity contribution in [3.8, 4) is 0 Å². The van der Waals surface area contributed by atoms with Crippen LogP contribution in [0.25, 0.3) is 0 Å². The molecule has 0 aliphatic carbocycles. The molecule has 4 aromatic heterocycles. The van der Waals surface area contributed by atoms with Crippen LogP contribution in [-0.2, 0) is 43.2 Å². The number of nitrogens with one attached hydrogen (secondary N) is 3. The molecule has 0 aliphatic rings. The number of carbonyl (C=O) groups excluding carboxylic acids is 9. The molecule has 9 amide bonds. The molecule has 6 aromatic carbocycles. The number of halogens is 12. The van der Waals surface area contributed by atoms with Gasteiger partial charge in [-0.15, -0.1) is 47.4 Å². The normalized spacial score (nSPS) is 12.5. The van der Waals surface area contributed by atoms with Gasteiger partial charge in [0.1, 0.15) is 39.3 Å². The summed E-state index contributed by atoms with van der Waals surface area (Å²) in [6.45, 7) is 3.18. The summed E-state index contributed by atoms with van der Waals surface area (Å²) >= 11 is 1.08. The SMILES string of the molecule is C=CCN(CCSc1nnc(F)c(F)c1F)C(=O)CN(C(=O)CN(C(=O)CN(CCNc1nnc(F)c(F)c1F)C(=O)CN(C(=O)CN(C(=O)CN(CCSc1nnc(F)c(F)c1F)C(=O)CN(C(=O)CN(C(=O)CNCCNc1nnc(F)c(F)c1F)[C@@H](C)c1ccccc1)[C@@H](C)c1ccccc1)[C@@H](C)c1ccccc1)[C@@H](C)c1ccccc1)[C@@H](C)c1ccccc1)[C@@H](C)c1ccccc1. The van der Waals surface area contributed by atoms with Crippen LogP contribution in [0.4, 0.5) is 64.3 Å². The molecule has 136 heavy (non-hydrogen) atoms. The minimum Gasteiger partial charge on any atom is -0.365 e. The Balaban J connectivity index is 0.984. The number of aromatic nitrogens is 8. The van der Waals surface area contributed by atoms with E-state index in [2.05, 4.69) is 63.3 Å². The van der Waals surface area contributed by atoms with E-state index in [0.717, 1.165) is 29.4 Å². The first kappa shape index (κ1) is 104. The lowest BCUT2D eigenvalue weighted by atomic mass is 10.0. The predicted octanol–water partition coefficient (Wildman–Crippen LogP) is 12.4. The number of carbonyl (C=O) groups is 9. The Labute approximate surface area is 783 Å². The topological polar surface area (TPSA) is 322 Å². The van der Waals surface area contributed by atoms with E-state index in [1.54, 1.807) is 217 Å². The van der Waals surface area contributed by atoms with Crippen molar-refractivity contribution in [1.82, 2.24) is 90.2 Å². The Kier molecular flexibility index (Phi) is 38.6. The lowest BCUT2D eigenvalue weighted by molar-refractivity contribution is -0.151. The highest BCUT2D eigenvalue weighted by atomic mass is 32.2. The molecule has 4 heterocycles. The van der Waals surface area contributed by atoms with Gasteiger partial charge in [-0.05, 0) is 74.9 Å². The average Bonchev–Trinajstić information content (AvgIpc) is 0.792. The van der Waals surface area contributed by atoms with Gasteiger partial charge in [-0.1, -0.05) is 212 Å². The summed E-state index contributed by atoms with van der Waals surface area (Å²) in [6.07, 6.45) is 1.37. The van der Waals surface area contributed by atoms with Crippen LogP contribution in [0.15, 0.2) is 205 Å². The summed E-state index contributed by atoms with van der Waals surface area (Å²) < 4.78 is 174. The van der Waals surface area contributed by atoms with Gasteiger partial charge in [0, 0.05) is 57.3 Å². The van der Waals surface area contributed by atoms with Crippen LogP contribution in [0.3, 0.4) is 0 Å². The number of benzene rings is 6.